The van der Waals surface area contributed by atoms with Crippen LogP contribution in [0, 0.1) is 0 Å². The van der Waals surface area contributed by atoms with Crippen molar-refractivity contribution in [2.24, 2.45) is 0 Å². The summed E-state index contributed by atoms with van der Waals surface area (Å²) in [7, 11) is 1.63. The van der Waals surface area contributed by atoms with E-state index in [9.17, 15) is 4.79 Å². The van der Waals surface area contributed by atoms with Gasteiger partial charge in [0.05, 0.1) is 24.5 Å². The molecule has 1 aromatic carbocycles. The summed E-state index contributed by atoms with van der Waals surface area (Å²) in [4.78, 5) is 12.2. The molecule has 0 saturated heterocycles. The third kappa shape index (κ3) is 4.21. The lowest BCUT2D eigenvalue weighted by molar-refractivity contribution is 0.0515. The van der Waals surface area contributed by atoms with Crippen molar-refractivity contribution in [2.45, 2.75) is 22.7 Å². The van der Waals surface area contributed by atoms with Crippen molar-refractivity contribution in [3.63, 3.8) is 0 Å². The number of carbonyl (C=O) groups is 1. The first-order valence-corrected chi connectivity index (χ1v) is 9.35. The van der Waals surface area contributed by atoms with Gasteiger partial charge in [-0.3, -0.25) is 0 Å². The predicted molar refractivity (Wildman–Crippen MR) is 96.5 cm³/mol. The molecular weight excluding hydrogens is 358 g/mol. The molecule has 0 spiro atoms. The van der Waals surface area contributed by atoms with Crippen molar-refractivity contribution in [3.8, 4) is 5.75 Å². The summed E-state index contributed by atoms with van der Waals surface area (Å²) in [6.45, 7) is 2.57. The first kappa shape index (κ1) is 17.5. The fourth-order valence-corrected chi connectivity index (χ4v) is 3.97. The minimum Gasteiger partial charge on any atom is -0.497 e. The van der Waals surface area contributed by atoms with Crippen molar-refractivity contribution in [1.82, 2.24) is 15.0 Å². The lowest BCUT2D eigenvalue weighted by Crippen LogP contribution is -2.08. The topological polar surface area (TPSA) is 66.2 Å². The number of hydrogen-bond acceptors (Lipinski definition) is 7. The Kier molecular flexibility index (Phi) is 5.72. The third-order valence-electron chi connectivity index (χ3n) is 3.34. The molecule has 0 radical (unpaired) electrons. The van der Waals surface area contributed by atoms with Crippen molar-refractivity contribution < 1.29 is 14.3 Å². The number of benzene rings is 1. The Hall–Kier alpha value is -2.32. The molecule has 3 rings (SSSR count). The van der Waals surface area contributed by atoms with E-state index in [1.165, 1.54) is 11.8 Å². The van der Waals surface area contributed by atoms with Gasteiger partial charge in [-0.05, 0) is 36.1 Å². The Morgan fingerprint density at radius 2 is 2.08 bits per heavy atom. The largest absolute Gasteiger partial charge is 0.497 e. The molecule has 0 aliphatic carbocycles. The number of ether oxygens (including phenoxy) is 2. The lowest BCUT2D eigenvalue weighted by Gasteiger charge is -2.07. The highest BCUT2D eigenvalue weighted by Gasteiger charge is 2.22. The molecule has 8 heteroatoms. The Bertz CT molecular complexity index is 829. The second kappa shape index (κ2) is 8.17. The van der Waals surface area contributed by atoms with E-state index < -0.39 is 5.97 Å². The van der Waals surface area contributed by atoms with Gasteiger partial charge in [-0.15, -0.1) is 16.4 Å². The van der Waals surface area contributed by atoms with E-state index in [-0.39, 0.29) is 5.69 Å². The first-order valence-electron chi connectivity index (χ1n) is 7.66. The van der Waals surface area contributed by atoms with Crippen LogP contribution in [-0.2, 0) is 11.3 Å². The van der Waals surface area contributed by atoms with E-state index >= 15 is 0 Å². The molecule has 25 heavy (non-hydrogen) atoms. The van der Waals surface area contributed by atoms with Crippen molar-refractivity contribution >= 4 is 29.1 Å². The van der Waals surface area contributed by atoms with Gasteiger partial charge in [0.1, 0.15) is 10.8 Å². The molecule has 0 fully saturated rings. The first-order chi connectivity index (χ1) is 12.2. The molecular formula is C17H17N3O3S2. The lowest BCUT2D eigenvalue weighted by atomic mass is 10.2. The van der Waals surface area contributed by atoms with Gasteiger partial charge in [0.15, 0.2) is 0 Å². The van der Waals surface area contributed by atoms with Crippen LogP contribution in [0.4, 0.5) is 0 Å². The number of nitrogens with zero attached hydrogens (tertiary/aromatic N) is 3. The summed E-state index contributed by atoms with van der Waals surface area (Å²) >= 11 is 3.07. The average molecular weight is 375 g/mol. The quantitative estimate of drug-likeness (QED) is 0.586. The van der Waals surface area contributed by atoms with E-state index in [4.69, 9.17) is 9.47 Å². The minimum absolute atomic E-state index is 0.244. The maximum Gasteiger partial charge on any atom is 0.361 e. The van der Waals surface area contributed by atoms with Crippen LogP contribution in [0.25, 0.3) is 0 Å². The SMILES string of the molecule is CCOC(=O)c1nnn(Cc2ccc(OC)cc2)c1Sc1cccs1. The molecule has 0 unspecified atom stereocenters. The van der Waals surface area contributed by atoms with Crippen LogP contribution in [0.5, 0.6) is 5.75 Å². The van der Waals surface area contributed by atoms with Gasteiger partial charge < -0.3 is 9.47 Å². The minimum atomic E-state index is -0.456. The maximum atomic E-state index is 12.2. The number of hydrogen-bond donors (Lipinski definition) is 0. The van der Waals surface area contributed by atoms with Crippen LogP contribution < -0.4 is 4.74 Å². The van der Waals surface area contributed by atoms with E-state index in [0.29, 0.717) is 18.2 Å². The molecule has 0 bridgehead atoms. The standard InChI is InChI=1S/C17H17N3O3S2/c1-3-23-17(21)15-16(25-14-5-4-10-24-14)20(19-18-15)11-12-6-8-13(22-2)9-7-12/h4-10H,3,11H2,1-2H3. The van der Waals surface area contributed by atoms with E-state index in [2.05, 4.69) is 10.3 Å². The van der Waals surface area contributed by atoms with Gasteiger partial charge in [0.2, 0.25) is 5.69 Å². The Morgan fingerprint density at radius 1 is 1.28 bits per heavy atom. The van der Waals surface area contributed by atoms with E-state index in [1.807, 2.05) is 41.8 Å². The summed E-state index contributed by atoms with van der Waals surface area (Å²) in [5, 5.41) is 10.9. The monoisotopic (exact) mass is 375 g/mol. The van der Waals surface area contributed by atoms with Crippen LogP contribution in [-0.4, -0.2) is 34.7 Å². The zero-order valence-corrected chi connectivity index (χ0v) is 15.5. The Labute approximate surface area is 153 Å². The average Bonchev–Trinajstić information content (AvgIpc) is 3.27. The van der Waals surface area contributed by atoms with Crippen molar-refractivity contribution in [2.75, 3.05) is 13.7 Å². The van der Waals surface area contributed by atoms with Crippen molar-refractivity contribution in [3.05, 3.63) is 53.0 Å². The summed E-state index contributed by atoms with van der Waals surface area (Å²) in [5.74, 6) is 0.338. The second-order valence-electron chi connectivity index (χ2n) is 5.00. The smallest absolute Gasteiger partial charge is 0.361 e. The number of thiophene rings is 1. The third-order valence-corrected chi connectivity index (χ3v) is 5.48. The number of methoxy groups -OCH3 is 1. The number of carbonyl (C=O) groups excluding carboxylic acids is 1. The Balaban J connectivity index is 1.90. The molecule has 0 atom stereocenters. The fourth-order valence-electron chi connectivity index (χ4n) is 2.16. The molecule has 0 aliphatic heterocycles. The second-order valence-corrected chi connectivity index (χ2v) is 7.24. The van der Waals surface area contributed by atoms with Gasteiger partial charge in [-0.25, -0.2) is 9.48 Å². The molecule has 0 aliphatic rings. The molecule has 0 saturated carbocycles. The van der Waals surface area contributed by atoms with Crippen molar-refractivity contribution in [1.29, 1.82) is 0 Å². The summed E-state index contributed by atoms with van der Waals surface area (Å²) in [5.41, 5.74) is 1.28. The highest BCUT2D eigenvalue weighted by Crippen LogP contribution is 2.33. The summed E-state index contributed by atoms with van der Waals surface area (Å²) in [6, 6.07) is 11.7. The van der Waals surface area contributed by atoms with E-state index in [1.54, 1.807) is 30.1 Å². The molecule has 2 heterocycles. The van der Waals surface area contributed by atoms with E-state index in [0.717, 1.165) is 15.5 Å². The van der Waals surface area contributed by atoms with Crippen LogP contribution >= 0.6 is 23.1 Å². The molecule has 130 valence electrons. The van der Waals surface area contributed by atoms with Crippen LogP contribution in [0.3, 0.4) is 0 Å². The van der Waals surface area contributed by atoms with Crippen LogP contribution in [0.15, 0.2) is 51.0 Å². The highest BCUT2D eigenvalue weighted by molar-refractivity contribution is 8.01. The zero-order chi connectivity index (χ0) is 17.6. The molecule has 6 nitrogen and oxygen atoms in total. The zero-order valence-electron chi connectivity index (χ0n) is 13.8. The number of esters is 1. The molecule has 2 aromatic heterocycles. The van der Waals surface area contributed by atoms with Gasteiger partial charge >= 0.3 is 5.97 Å². The highest BCUT2D eigenvalue weighted by atomic mass is 32.2. The molecule has 0 N–H and O–H groups in total. The number of rotatable bonds is 7. The maximum absolute atomic E-state index is 12.2. The molecule has 0 amide bonds. The van der Waals surface area contributed by atoms with Gasteiger partial charge in [-0.1, -0.05) is 35.2 Å². The normalized spacial score (nSPS) is 10.6. The fraction of sp³-hybridized carbons (Fsp3) is 0.235. The number of aromatic nitrogens is 3. The molecule has 3 aromatic rings. The van der Waals surface area contributed by atoms with Gasteiger partial charge in [-0.2, -0.15) is 0 Å². The summed E-state index contributed by atoms with van der Waals surface area (Å²) in [6.07, 6.45) is 0. The predicted octanol–water partition coefficient (Wildman–Crippen LogP) is 3.72. The Morgan fingerprint density at radius 3 is 2.72 bits per heavy atom. The van der Waals surface area contributed by atoms with Gasteiger partial charge in [0, 0.05) is 0 Å². The van der Waals surface area contributed by atoms with Crippen LogP contribution in [0.1, 0.15) is 23.0 Å². The van der Waals surface area contributed by atoms with Gasteiger partial charge in [0.25, 0.3) is 0 Å². The summed E-state index contributed by atoms with van der Waals surface area (Å²) < 4.78 is 13.1. The van der Waals surface area contributed by atoms with Crippen LogP contribution in [0.2, 0.25) is 0 Å².